The van der Waals surface area contributed by atoms with Gasteiger partial charge < -0.3 is 34.6 Å². The summed E-state index contributed by atoms with van der Waals surface area (Å²) in [7, 11) is -5.61. The summed E-state index contributed by atoms with van der Waals surface area (Å²) in [6.07, 6.45) is 2.31. The minimum absolute atomic E-state index is 0.000121. The van der Waals surface area contributed by atoms with E-state index in [1.807, 2.05) is 11.9 Å². The number of sulfonamides is 2. The number of benzene rings is 1. The van der Waals surface area contributed by atoms with E-state index >= 15 is 0 Å². The van der Waals surface area contributed by atoms with Gasteiger partial charge in [-0.15, -0.1) is 0 Å². The first-order chi connectivity index (χ1) is 20.5. The molecule has 1 spiro atoms. The Bertz CT molecular complexity index is 1480. The van der Waals surface area contributed by atoms with Crippen molar-refractivity contribution >= 4 is 25.7 Å². The molecular formula is C27H39N5O9S2. The van der Waals surface area contributed by atoms with Gasteiger partial charge in [-0.2, -0.15) is 4.31 Å². The van der Waals surface area contributed by atoms with Crippen LogP contribution in [0.2, 0.25) is 0 Å². The van der Waals surface area contributed by atoms with Crippen LogP contribution in [-0.2, 0) is 24.8 Å². The number of hydrogen-bond acceptors (Lipinski definition) is 12. The summed E-state index contributed by atoms with van der Waals surface area (Å²) in [6.45, 7) is 2.06. The van der Waals surface area contributed by atoms with Crippen LogP contribution in [0, 0.1) is 0 Å². The lowest BCUT2D eigenvalue weighted by Crippen LogP contribution is -2.47. The molecule has 3 aliphatic rings. The predicted octanol–water partition coefficient (Wildman–Crippen LogP) is -0.477. The second-order valence-corrected chi connectivity index (χ2v) is 14.7. The number of likely N-dealkylation sites (N-methyl/N-ethyl adjacent to an activating group) is 1. The van der Waals surface area contributed by atoms with Crippen molar-refractivity contribution < 1.29 is 41.3 Å². The molecule has 1 aromatic heterocycles. The van der Waals surface area contributed by atoms with Crippen LogP contribution in [0.4, 0.5) is 5.69 Å². The van der Waals surface area contributed by atoms with Crippen molar-refractivity contribution in [1.82, 2.24) is 19.3 Å². The summed E-state index contributed by atoms with van der Waals surface area (Å²) in [5.74, 6) is 0.731. The fraction of sp³-hybridized carbons (Fsp3) is 0.593. The van der Waals surface area contributed by atoms with Gasteiger partial charge in [0.25, 0.3) is 0 Å². The summed E-state index contributed by atoms with van der Waals surface area (Å²) in [5.41, 5.74) is 0.234. The lowest BCUT2D eigenvalue weighted by Gasteiger charge is -2.38. The van der Waals surface area contributed by atoms with Gasteiger partial charge >= 0.3 is 0 Å². The zero-order valence-electron chi connectivity index (χ0n) is 24.0. The average molecular weight is 642 g/mol. The van der Waals surface area contributed by atoms with Crippen molar-refractivity contribution in [3.63, 3.8) is 0 Å². The minimum Gasteiger partial charge on any atom is -0.491 e. The van der Waals surface area contributed by atoms with E-state index in [1.54, 1.807) is 12.1 Å². The number of aromatic nitrogens is 1. The van der Waals surface area contributed by atoms with Gasteiger partial charge in [-0.3, -0.25) is 0 Å². The fourth-order valence-corrected chi connectivity index (χ4v) is 7.97. The lowest BCUT2D eigenvalue weighted by atomic mass is 9.88. The lowest BCUT2D eigenvalue weighted by molar-refractivity contribution is -0.0312. The van der Waals surface area contributed by atoms with E-state index < -0.39 is 31.8 Å². The molecule has 16 heteroatoms. The van der Waals surface area contributed by atoms with Crippen molar-refractivity contribution in [3.05, 3.63) is 36.5 Å². The molecule has 238 valence electrons. The van der Waals surface area contributed by atoms with E-state index in [4.69, 9.17) is 19.3 Å². The maximum absolute atomic E-state index is 13.4. The smallest absolute Gasteiger partial charge is 0.244 e. The Hall–Kier alpha value is -2.57. The molecule has 0 radical (unpaired) electrons. The van der Waals surface area contributed by atoms with E-state index in [0.29, 0.717) is 69.4 Å². The molecule has 43 heavy (non-hydrogen) atoms. The maximum atomic E-state index is 13.4. The van der Waals surface area contributed by atoms with Crippen LogP contribution in [0.25, 0.3) is 0 Å². The quantitative estimate of drug-likeness (QED) is 0.234. The van der Waals surface area contributed by atoms with Crippen molar-refractivity contribution in [1.29, 1.82) is 0 Å². The Morgan fingerprint density at radius 3 is 2.72 bits per heavy atom. The Labute approximate surface area is 252 Å². The molecule has 14 nitrogen and oxygen atoms in total. The Kier molecular flexibility index (Phi) is 9.77. The van der Waals surface area contributed by atoms with Crippen LogP contribution in [0.3, 0.4) is 0 Å². The van der Waals surface area contributed by atoms with Crippen molar-refractivity contribution in [3.8, 4) is 11.6 Å². The number of anilines is 1. The average Bonchev–Trinajstić information content (AvgIpc) is 3.40. The second-order valence-electron chi connectivity index (χ2n) is 11.0. The monoisotopic (exact) mass is 641 g/mol. The predicted molar refractivity (Wildman–Crippen MR) is 156 cm³/mol. The first-order valence-electron chi connectivity index (χ1n) is 14.2. The highest BCUT2D eigenvalue weighted by atomic mass is 32.2. The largest absolute Gasteiger partial charge is 0.491 e. The van der Waals surface area contributed by atoms with E-state index in [-0.39, 0.29) is 42.1 Å². The minimum atomic E-state index is -3.77. The SMILES string of the molecule is CN1CCOc2ncc(S(=O)(=O)N3CCC4(CC3)CC(NCC(O)COc3cccc(S(=O)(=O)NCCO)c3)CO4)cc21. The highest BCUT2D eigenvalue weighted by Gasteiger charge is 2.45. The number of pyridine rings is 1. The molecule has 0 amide bonds. The number of aliphatic hydroxyl groups is 2. The number of nitrogens with zero attached hydrogens (tertiary/aromatic N) is 3. The van der Waals surface area contributed by atoms with Gasteiger partial charge in [0.2, 0.25) is 25.9 Å². The molecule has 3 aliphatic heterocycles. The van der Waals surface area contributed by atoms with Crippen LogP contribution in [-0.4, -0.2) is 120 Å². The molecule has 4 heterocycles. The second kappa shape index (κ2) is 13.2. The fourth-order valence-electron chi connectivity index (χ4n) is 5.50. The van der Waals surface area contributed by atoms with Crippen LogP contribution in [0.15, 0.2) is 46.3 Å². The van der Waals surface area contributed by atoms with Crippen molar-refractivity contribution in [2.24, 2.45) is 0 Å². The first kappa shape index (κ1) is 31.8. The van der Waals surface area contributed by atoms with Crippen LogP contribution < -0.4 is 24.4 Å². The molecule has 0 bridgehead atoms. The number of aliphatic hydroxyl groups excluding tert-OH is 2. The van der Waals surface area contributed by atoms with E-state index in [1.165, 1.54) is 28.7 Å². The molecule has 5 rings (SSSR count). The molecule has 2 atom stereocenters. The summed E-state index contributed by atoms with van der Waals surface area (Å²) in [6, 6.07) is 7.52. The molecule has 4 N–H and O–H groups in total. The molecule has 0 saturated carbocycles. The zero-order chi connectivity index (χ0) is 30.7. The normalized spacial score (nSPS) is 21.4. The molecule has 2 fully saturated rings. The van der Waals surface area contributed by atoms with Crippen LogP contribution in [0.5, 0.6) is 11.6 Å². The number of nitrogens with one attached hydrogen (secondary N) is 2. The summed E-state index contributed by atoms with van der Waals surface area (Å²) in [4.78, 5) is 6.31. The highest BCUT2D eigenvalue weighted by Crippen LogP contribution is 2.38. The zero-order valence-corrected chi connectivity index (χ0v) is 25.6. The Morgan fingerprint density at radius 1 is 1.16 bits per heavy atom. The van der Waals surface area contributed by atoms with E-state index in [0.717, 1.165) is 0 Å². The molecule has 1 aromatic carbocycles. The van der Waals surface area contributed by atoms with E-state index in [2.05, 4.69) is 15.0 Å². The summed E-state index contributed by atoms with van der Waals surface area (Å²) < 4.78 is 72.4. The maximum Gasteiger partial charge on any atom is 0.244 e. The number of hydrogen-bond donors (Lipinski definition) is 4. The van der Waals surface area contributed by atoms with Gasteiger partial charge in [0.05, 0.1) is 36.5 Å². The Morgan fingerprint density at radius 2 is 1.95 bits per heavy atom. The number of ether oxygens (including phenoxy) is 3. The van der Waals surface area contributed by atoms with Crippen LogP contribution >= 0.6 is 0 Å². The van der Waals surface area contributed by atoms with Gasteiger partial charge in [-0.05, 0) is 37.5 Å². The molecular weight excluding hydrogens is 602 g/mol. The molecule has 2 unspecified atom stereocenters. The number of piperidine rings is 1. The van der Waals surface area contributed by atoms with Crippen molar-refractivity contribution in [2.45, 2.75) is 46.8 Å². The third-order valence-corrected chi connectivity index (χ3v) is 11.3. The number of fused-ring (bicyclic) bond motifs is 1. The molecule has 0 aliphatic carbocycles. The highest BCUT2D eigenvalue weighted by molar-refractivity contribution is 7.89. The Balaban J connectivity index is 1.08. The third-order valence-electron chi connectivity index (χ3n) is 7.97. The van der Waals surface area contributed by atoms with Crippen molar-refractivity contribution in [2.75, 3.05) is 71.1 Å². The third kappa shape index (κ3) is 7.39. The summed E-state index contributed by atoms with van der Waals surface area (Å²) in [5, 5.41) is 22.6. The topological polar surface area (TPSA) is 180 Å². The number of rotatable bonds is 12. The van der Waals surface area contributed by atoms with Gasteiger partial charge in [0.1, 0.15) is 35.7 Å². The van der Waals surface area contributed by atoms with Gasteiger partial charge in [0.15, 0.2) is 0 Å². The van der Waals surface area contributed by atoms with E-state index in [9.17, 15) is 21.9 Å². The first-order valence-corrected chi connectivity index (χ1v) is 17.2. The molecule has 2 saturated heterocycles. The molecule has 2 aromatic rings. The standard InChI is InChI=1S/C27H39N5O9S2/c1-31-10-12-39-26-25(31)14-24(17-29-26)43(37,38)32-8-5-27(6-9-32)15-20(18-41-27)28-16-21(34)19-40-22-3-2-4-23(13-22)42(35,36)30-7-11-33/h2-4,13-14,17,20-21,28,30,33-34H,5-12,15-16,18-19H2,1H3. The van der Waals surface area contributed by atoms with Crippen LogP contribution in [0.1, 0.15) is 19.3 Å². The summed E-state index contributed by atoms with van der Waals surface area (Å²) >= 11 is 0. The van der Waals surface area contributed by atoms with Gasteiger partial charge in [-0.1, -0.05) is 6.07 Å². The van der Waals surface area contributed by atoms with Gasteiger partial charge in [-0.25, -0.2) is 26.5 Å². The van der Waals surface area contributed by atoms with Gasteiger partial charge in [0, 0.05) is 45.3 Å².